The highest BCUT2D eigenvalue weighted by Gasteiger charge is 2.34. The molecule has 0 N–H and O–H groups in total. The zero-order chi connectivity index (χ0) is 13.9. The molecule has 106 valence electrons. The zero-order valence-corrected chi connectivity index (χ0v) is 12.5. The van der Waals surface area contributed by atoms with Crippen molar-refractivity contribution in [2.75, 3.05) is 30.5 Å². The molecule has 1 atom stereocenters. The van der Waals surface area contributed by atoms with Gasteiger partial charge in [-0.3, -0.25) is 0 Å². The number of halogens is 1. The van der Waals surface area contributed by atoms with Crippen LogP contribution in [0.25, 0.3) is 0 Å². The number of nitrogens with zero attached hydrogens (tertiary/aromatic N) is 2. The van der Waals surface area contributed by atoms with E-state index in [4.69, 9.17) is 21.1 Å². The van der Waals surface area contributed by atoms with Gasteiger partial charge < -0.3 is 14.4 Å². The standard InChI is InChI=1S/C14H21ClN2O2/c1-4-18-12-6-5-7-16-13(12)17-9-11(8-15)19-14(2,3)10-17/h5-7,11H,4,8-10H2,1-3H3. The first-order valence-corrected chi connectivity index (χ1v) is 7.15. The summed E-state index contributed by atoms with van der Waals surface area (Å²) in [4.78, 5) is 6.65. The molecule has 1 saturated heterocycles. The Hall–Kier alpha value is -1.00. The lowest BCUT2D eigenvalue weighted by Gasteiger charge is -2.43. The van der Waals surface area contributed by atoms with Gasteiger partial charge in [-0.15, -0.1) is 11.6 Å². The van der Waals surface area contributed by atoms with Crippen molar-refractivity contribution in [1.82, 2.24) is 4.98 Å². The van der Waals surface area contributed by atoms with Crippen molar-refractivity contribution in [3.8, 4) is 5.75 Å². The Morgan fingerprint density at radius 2 is 2.37 bits per heavy atom. The lowest BCUT2D eigenvalue weighted by molar-refractivity contribution is -0.0737. The summed E-state index contributed by atoms with van der Waals surface area (Å²) in [6, 6.07) is 3.84. The summed E-state index contributed by atoms with van der Waals surface area (Å²) < 4.78 is 11.6. The van der Waals surface area contributed by atoms with Gasteiger partial charge in [-0.25, -0.2) is 4.98 Å². The zero-order valence-electron chi connectivity index (χ0n) is 11.7. The first kappa shape index (κ1) is 14.4. The monoisotopic (exact) mass is 284 g/mol. The van der Waals surface area contributed by atoms with Crippen molar-refractivity contribution in [2.24, 2.45) is 0 Å². The van der Waals surface area contributed by atoms with Gasteiger partial charge in [-0.05, 0) is 32.9 Å². The summed E-state index contributed by atoms with van der Waals surface area (Å²) in [5.74, 6) is 2.17. The fourth-order valence-corrected chi connectivity index (χ4v) is 2.59. The molecular weight excluding hydrogens is 264 g/mol. The Morgan fingerprint density at radius 1 is 1.58 bits per heavy atom. The molecule has 0 aliphatic carbocycles. The maximum atomic E-state index is 5.96. The van der Waals surface area contributed by atoms with Crippen LogP contribution in [0.2, 0.25) is 0 Å². The van der Waals surface area contributed by atoms with Crippen molar-refractivity contribution >= 4 is 17.4 Å². The molecule has 4 nitrogen and oxygen atoms in total. The SMILES string of the molecule is CCOc1cccnc1N1CC(CCl)OC(C)(C)C1. The third-order valence-electron chi connectivity index (χ3n) is 3.00. The van der Waals surface area contributed by atoms with Gasteiger partial charge in [0.15, 0.2) is 11.6 Å². The van der Waals surface area contributed by atoms with E-state index >= 15 is 0 Å². The van der Waals surface area contributed by atoms with E-state index in [1.807, 2.05) is 19.1 Å². The summed E-state index contributed by atoms with van der Waals surface area (Å²) in [5, 5.41) is 0. The van der Waals surface area contributed by atoms with Crippen molar-refractivity contribution in [3.05, 3.63) is 18.3 Å². The highest BCUT2D eigenvalue weighted by Crippen LogP contribution is 2.31. The van der Waals surface area contributed by atoms with Crippen molar-refractivity contribution in [3.63, 3.8) is 0 Å². The lowest BCUT2D eigenvalue weighted by Crippen LogP contribution is -2.53. The van der Waals surface area contributed by atoms with E-state index in [9.17, 15) is 0 Å². The van der Waals surface area contributed by atoms with Crippen LogP contribution in [-0.4, -0.2) is 42.3 Å². The van der Waals surface area contributed by atoms with Crippen LogP contribution in [0.3, 0.4) is 0 Å². The molecule has 0 amide bonds. The second kappa shape index (κ2) is 5.97. The molecule has 0 bridgehead atoms. The fourth-order valence-electron chi connectivity index (χ4n) is 2.43. The maximum absolute atomic E-state index is 5.96. The summed E-state index contributed by atoms with van der Waals surface area (Å²) in [5.41, 5.74) is -0.237. The second-order valence-electron chi connectivity index (χ2n) is 5.29. The molecule has 1 fully saturated rings. The van der Waals surface area contributed by atoms with E-state index in [-0.39, 0.29) is 11.7 Å². The van der Waals surface area contributed by atoms with Crippen LogP contribution in [0, 0.1) is 0 Å². The third-order valence-corrected chi connectivity index (χ3v) is 3.35. The first-order valence-electron chi connectivity index (χ1n) is 6.62. The second-order valence-corrected chi connectivity index (χ2v) is 5.60. The van der Waals surface area contributed by atoms with Crippen LogP contribution in [0.5, 0.6) is 5.75 Å². The number of anilines is 1. The molecule has 0 spiro atoms. The van der Waals surface area contributed by atoms with Crippen molar-refractivity contribution < 1.29 is 9.47 Å². The van der Waals surface area contributed by atoms with E-state index in [0.29, 0.717) is 12.5 Å². The van der Waals surface area contributed by atoms with E-state index in [1.54, 1.807) is 6.20 Å². The number of hydrogen-bond acceptors (Lipinski definition) is 4. The topological polar surface area (TPSA) is 34.6 Å². The number of morpholine rings is 1. The van der Waals surface area contributed by atoms with Gasteiger partial charge >= 0.3 is 0 Å². The minimum Gasteiger partial charge on any atom is -0.490 e. The Kier molecular flexibility index (Phi) is 4.53. The number of alkyl halides is 1. The minimum absolute atomic E-state index is 0.0156. The predicted molar refractivity (Wildman–Crippen MR) is 77.3 cm³/mol. The predicted octanol–water partition coefficient (Wildman–Crippen LogP) is 2.70. The maximum Gasteiger partial charge on any atom is 0.171 e. The van der Waals surface area contributed by atoms with Gasteiger partial charge in [0.2, 0.25) is 0 Å². The molecule has 1 unspecified atom stereocenters. The van der Waals surface area contributed by atoms with E-state index in [1.165, 1.54) is 0 Å². The Morgan fingerprint density at radius 3 is 3.05 bits per heavy atom. The normalized spacial score (nSPS) is 22.3. The smallest absolute Gasteiger partial charge is 0.171 e. The van der Waals surface area contributed by atoms with Crippen LogP contribution in [0.4, 0.5) is 5.82 Å². The number of hydrogen-bond donors (Lipinski definition) is 0. The van der Waals surface area contributed by atoms with Gasteiger partial charge in [0.05, 0.1) is 24.2 Å². The number of rotatable bonds is 4. The summed E-state index contributed by atoms with van der Waals surface area (Å²) in [7, 11) is 0. The van der Waals surface area contributed by atoms with E-state index in [2.05, 4.69) is 23.7 Å². The van der Waals surface area contributed by atoms with Gasteiger partial charge in [0, 0.05) is 19.3 Å². The lowest BCUT2D eigenvalue weighted by atomic mass is 10.1. The molecule has 1 aliphatic heterocycles. The molecule has 2 rings (SSSR count). The summed E-state index contributed by atoms with van der Waals surface area (Å²) in [6.07, 6.45) is 1.80. The number of pyridine rings is 1. The van der Waals surface area contributed by atoms with Gasteiger partial charge in [-0.2, -0.15) is 0 Å². The molecule has 1 aliphatic rings. The van der Waals surface area contributed by atoms with Crippen LogP contribution in [0.15, 0.2) is 18.3 Å². The average molecular weight is 285 g/mol. The average Bonchev–Trinajstić information content (AvgIpc) is 2.38. The fraction of sp³-hybridized carbons (Fsp3) is 0.643. The van der Waals surface area contributed by atoms with Gasteiger partial charge in [-0.1, -0.05) is 0 Å². The van der Waals surface area contributed by atoms with Gasteiger partial charge in [0.1, 0.15) is 0 Å². The first-order chi connectivity index (χ1) is 9.05. The molecule has 1 aromatic heterocycles. The third kappa shape index (κ3) is 3.51. The highest BCUT2D eigenvalue weighted by atomic mass is 35.5. The Balaban J connectivity index is 2.25. The van der Waals surface area contributed by atoms with E-state index in [0.717, 1.165) is 24.7 Å². The summed E-state index contributed by atoms with van der Waals surface area (Å²) >= 11 is 5.96. The van der Waals surface area contributed by atoms with Crippen LogP contribution >= 0.6 is 11.6 Å². The number of aromatic nitrogens is 1. The van der Waals surface area contributed by atoms with E-state index < -0.39 is 0 Å². The van der Waals surface area contributed by atoms with Crippen LogP contribution in [0.1, 0.15) is 20.8 Å². The van der Waals surface area contributed by atoms with Crippen molar-refractivity contribution in [2.45, 2.75) is 32.5 Å². The minimum atomic E-state index is -0.237. The Labute approximate surface area is 119 Å². The van der Waals surface area contributed by atoms with Crippen molar-refractivity contribution in [1.29, 1.82) is 0 Å². The molecular formula is C14H21ClN2O2. The molecule has 0 radical (unpaired) electrons. The van der Waals surface area contributed by atoms with Crippen LogP contribution < -0.4 is 9.64 Å². The molecule has 0 aromatic carbocycles. The quantitative estimate of drug-likeness (QED) is 0.796. The molecule has 1 aromatic rings. The van der Waals surface area contributed by atoms with Gasteiger partial charge in [0.25, 0.3) is 0 Å². The Bertz CT molecular complexity index is 426. The summed E-state index contributed by atoms with van der Waals surface area (Å²) in [6.45, 7) is 8.26. The largest absolute Gasteiger partial charge is 0.490 e. The molecule has 2 heterocycles. The molecule has 19 heavy (non-hydrogen) atoms. The highest BCUT2D eigenvalue weighted by molar-refractivity contribution is 6.18. The molecule has 5 heteroatoms. The van der Waals surface area contributed by atoms with Crippen LogP contribution in [-0.2, 0) is 4.74 Å². The number of ether oxygens (including phenoxy) is 2. The molecule has 0 saturated carbocycles.